The number of carbonyl (C=O) groups is 1. The smallest absolute Gasteiger partial charge is 0.337 e. The zero-order valence-corrected chi connectivity index (χ0v) is 9.40. The third kappa shape index (κ3) is 2.40. The molecule has 0 radical (unpaired) electrons. The van der Waals surface area contributed by atoms with Gasteiger partial charge in [0, 0.05) is 14.1 Å². The molecule has 0 saturated carbocycles. The average molecular weight is 209 g/mol. The van der Waals surface area contributed by atoms with E-state index >= 15 is 0 Å². The number of ether oxygens (including phenoxy) is 2. The lowest BCUT2D eigenvalue weighted by molar-refractivity contribution is 0.0601. The van der Waals surface area contributed by atoms with Crippen LogP contribution in [0.3, 0.4) is 0 Å². The van der Waals surface area contributed by atoms with Crippen molar-refractivity contribution >= 4 is 11.7 Å². The number of carbonyl (C=O) groups excluding carboxylic acids is 1. The second kappa shape index (κ2) is 4.68. The number of methoxy groups -OCH3 is 2. The summed E-state index contributed by atoms with van der Waals surface area (Å²) in [6.07, 6.45) is 0. The fourth-order valence-electron chi connectivity index (χ4n) is 1.28. The fourth-order valence-corrected chi connectivity index (χ4v) is 1.28. The number of nitrogens with zero attached hydrogens (tertiary/aromatic N) is 1. The predicted octanol–water partition coefficient (Wildman–Crippen LogP) is 1.55. The molecule has 0 unspecified atom stereocenters. The van der Waals surface area contributed by atoms with Crippen molar-refractivity contribution in [3.05, 3.63) is 23.8 Å². The molecule has 0 fully saturated rings. The van der Waals surface area contributed by atoms with Crippen LogP contribution < -0.4 is 9.64 Å². The molecule has 82 valence electrons. The minimum Gasteiger partial charge on any atom is -0.495 e. The molecular weight excluding hydrogens is 194 g/mol. The molecular formula is C11H15NO3. The standard InChI is InChI=1S/C11H15NO3/c1-12(2)9-7-8(11(13)15-4)5-6-10(9)14-3/h5-7H,1-4H3. The van der Waals surface area contributed by atoms with Gasteiger partial charge in [0.1, 0.15) is 5.75 Å². The highest BCUT2D eigenvalue weighted by Gasteiger charge is 2.11. The lowest BCUT2D eigenvalue weighted by atomic mass is 10.2. The fraction of sp³-hybridized carbons (Fsp3) is 0.364. The molecule has 0 amide bonds. The predicted molar refractivity (Wildman–Crippen MR) is 58.7 cm³/mol. The third-order valence-electron chi connectivity index (χ3n) is 2.08. The van der Waals surface area contributed by atoms with Crippen LogP contribution in [0.1, 0.15) is 10.4 Å². The number of hydrogen-bond acceptors (Lipinski definition) is 4. The van der Waals surface area contributed by atoms with E-state index in [9.17, 15) is 4.79 Å². The van der Waals surface area contributed by atoms with Crippen LogP contribution in [-0.2, 0) is 4.74 Å². The molecule has 0 saturated heterocycles. The molecule has 0 N–H and O–H groups in total. The normalized spacial score (nSPS) is 9.60. The third-order valence-corrected chi connectivity index (χ3v) is 2.08. The van der Waals surface area contributed by atoms with E-state index < -0.39 is 0 Å². The summed E-state index contributed by atoms with van der Waals surface area (Å²) in [4.78, 5) is 13.2. The molecule has 0 spiro atoms. The van der Waals surface area contributed by atoms with Gasteiger partial charge in [0.15, 0.2) is 0 Å². The van der Waals surface area contributed by atoms with Crippen molar-refractivity contribution < 1.29 is 14.3 Å². The minimum atomic E-state index is -0.347. The second-order valence-corrected chi connectivity index (χ2v) is 3.27. The van der Waals surface area contributed by atoms with Crippen molar-refractivity contribution in [2.45, 2.75) is 0 Å². The van der Waals surface area contributed by atoms with Crippen molar-refractivity contribution in [2.75, 3.05) is 33.2 Å². The Kier molecular flexibility index (Phi) is 3.55. The minimum absolute atomic E-state index is 0.347. The van der Waals surface area contributed by atoms with E-state index in [2.05, 4.69) is 4.74 Å². The molecule has 1 rings (SSSR count). The van der Waals surface area contributed by atoms with Crippen molar-refractivity contribution in [3.8, 4) is 5.75 Å². The summed E-state index contributed by atoms with van der Waals surface area (Å²) in [5, 5.41) is 0. The number of rotatable bonds is 3. The molecule has 0 bridgehead atoms. The summed E-state index contributed by atoms with van der Waals surface area (Å²) in [6.45, 7) is 0. The van der Waals surface area contributed by atoms with E-state index in [0.717, 1.165) is 11.4 Å². The van der Waals surface area contributed by atoms with Gasteiger partial charge in [-0.3, -0.25) is 0 Å². The van der Waals surface area contributed by atoms with E-state index in [1.165, 1.54) is 7.11 Å². The topological polar surface area (TPSA) is 38.8 Å². The molecule has 0 aromatic heterocycles. The maximum absolute atomic E-state index is 11.3. The van der Waals surface area contributed by atoms with Crippen molar-refractivity contribution in [1.29, 1.82) is 0 Å². The average Bonchev–Trinajstić information content (AvgIpc) is 2.27. The Morgan fingerprint density at radius 2 is 1.93 bits per heavy atom. The summed E-state index contributed by atoms with van der Waals surface area (Å²) >= 11 is 0. The first-order valence-corrected chi connectivity index (χ1v) is 4.53. The molecule has 0 aliphatic heterocycles. The summed E-state index contributed by atoms with van der Waals surface area (Å²) in [6, 6.07) is 5.17. The number of anilines is 1. The largest absolute Gasteiger partial charge is 0.495 e. The van der Waals surface area contributed by atoms with E-state index in [4.69, 9.17) is 4.74 Å². The summed E-state index contributed by atoms with van der Waals surface area (Å²) in [5.74, 6) is 0.383. The van der Waals surface area contributed by atoms with Crippen LogP contribution in [0.25, 0.3) is 0 Å². The van der Waals surface area contributed by atoms with Crippen LogP contribution >= 0.6 is 0 Å². The van der Waals surface area contributed by atoms with Gasteiger partial charge in [-0.25, -0.2) is 4.79 Å². The first kappa shape index (κ1) is 11.4. The number of hydrogen-bond donors (Lipinski definition) is 0. The van der Waals surface area contributed by atoms with Crippen molar-refractivity contribution in [1.82, 2.24) is 0 Å². The van der Waals surface area contributed by atoms with E-state index in [1.54, 1.807) is 25.3 Å². The van der Waals surface area contributed by atoms with Gasteiger partial charge in [-0.15, -0.1) is 0 Å². The monoisotopic (exact) mass is 209 g/mol. The highest BCUT2D eigenvalue weighted by molar-refractivity contribution is 5.91. The maximum Gasteiger partial charge on any atom is 0.337 e. The molecule has 4 nitrogen and oxygen atoms in total. The van der Waals surface area contributed by atoms with Gasteiger partial charge in [0.2, 0.25) is 0 Å². The SMILES string of the molecule is COC(=O)c1ccc(OC)c(N(C)C)c1. The Labute approximate surface area is 89.4 Å². The Balaban J connectivity index is 3.16. The quantitative estimate of drug-likeness (QED) is 0.708. The maximum atomic E-state index is 11.3. The molecule has 1 aromatic carbocycles. The van der Waals surface area contributed by atoms with Gasteiger partial charge >= 0.3 is 5.97 Å². The molecule has 0 aliphatic rings. The number of benzene rings is 1. The van der Waals surface area contributed by atoms with Crippen LogP contribution in [0, 0.1) is 0 Å². The van der Waals surface area contributed by atoms with Crippen LogP contribution in [0.15, 0.2) is 18.2 Å². The summed E-state index contributed by atoms with van der Waals surface area (Å²) < 4.78 is 9.83. The molecule has 4 heteroatoms. The lowest BCUT2D eigenvalue weighted by Gasteiger charge is -2.17. The molecule has 0 aliphatic carbocycles. The lowest BCUT2D eigenvalue weighted by Crippen LogP contribution is -2.11. The van der Waals surface area contributed by atoms with Gasteiger partial charge in [-0.05, 0) is 18.2 Å². The van der Waals surface area contributed by atoms with Gasteiger partial charge in [0.25, 0.3) is 0 Å². The molecule has 0 atom stereocenters. The zero-order chi connectivity index (χ0) is 11.4. The van der Waals surface area contributed by atoms with Gasteiger partial charge in [-0.1, -0.05) is 0 Å². The van der Waals surface area contributed by atoms with Gasteiger partial charge in [0.05, 0.1) is 25.5 Å². The second-order valence-electron chi connectivity index (χ2n) is 3.27. The molecule has 15 heavy (non-hydrogen) atoms. The Morgan fingerprint density at radius 3 is 2.40 bits per heavy atom. The van der Waals surface area contributed by atoms with E-state index in [-0.39, 0.29) is 5.97 Å². The Bertz CT molecular complexity index is 361. The summed E-state index contributed by atoms with van der Waals surface area (Å²) in [5.41, 5.74) is 1.36. The first-order valence-electron chi connectivity index (χ1n) is 4.53. The van der Waals surface area contributed by atoms with Crippen molar-refractivity contribution in [3.63, 3.8) is 0 Å². The Morgan fingerprint density at radius 1 is 1.27 bits per heavy atom. The molecule has 1 aromatic rings. The zero-order valence-electron chi connectivity index (χ0n) is 9.40. The van der Waals surface area contributed by atoms with Crippen LogP contribution in [0.4, 0.5) is 5.69 Å². The van der Waals surface area contributed by atoms with E-state index in [1.807, 2.05) is 19.0 Å². The van der Waals surface area contributed by atoms with Crippen LogP contribution in [-0.4, -0.2) is 34.3 Å². The number of esters is 1. The first-order chi connectivity index (χ1) is 7.10. The van der Waals surface area contributed by atoms with Crippen LogP contribution in [0.2, 0.25) is 0 Å². The van der Waals surface area contributed by atoms with Gasteiger partial charge in [-0.2, -0.15) is 0 Å². The Hall–Kier alpha value is -1.71. The highest BCUT2D eigenvalue weighted by atomic mass is 16.5. The highest BCUT2D eigenvalue weighted by Crippen LogP contribution is 2.27. The molecule has 0 heterocycles. The van der Waals surface area contributed by atoms with Crippen LogP contribution in [0.5, 0.6) is 5.75 Å². The van der Waals surface area contributed by atoms with Gasteiger partial charge < -0.3 is 14.4 Å². The summed E-state index contributed by atoms with van der Waals surface area (Å²) in [7, 11) is 6.74. The van der Waals surface area contributed by atoms with Crippen molar-refractivity contribution in [2.24, 2.45) is 0 Å². The van der Waals surface area contributed by atoms with E-state index in [0.29, 0.717) is 5.56 Å².